The van der Waals surface area contributed by atoms with Crippen molar-refractivity contribution in [1.29, 1.82) is 0 Å². The number of aromatic nitrogens is 3. The lowest BCUT2D eigenvalue weighted by atomic mass is 10.2. The van der Waals surface area contributed by atoms with Crippen LogP contribution in [-0.4, -0.2) is 46.3 Å². The molecule has 0 radical (unpaired) electrons. The van der Waals surface area contributed by atoms with Crippen molar-refractivity contribution in [3.8, 4) is 11.6 Å². The predicted molar refractivity (Wildman–Crippen MR) is 90.8 cm³/mol. The van der Waals surface area contributed by atoms with E-state index in [-0.39, 0.29) is 0 Å². The smallest absolute Gasteiger partial charge is 0.277 e. The molecular weight excluding hydrogens is 324 g/mol. The van der Waals surface area contributed by atoms with Gasteiger partial charge in [0.25, 0.3) is 5.89 Å². The minimum Gasteiger partial charge on any atom is -0.379 e. The Bertz CT molecular complexity index is 781. The van der Waals surface area contributed by atoms with E-state index in [9.17, 15) is 0 Å². The number of benzene rings is 1. The summed E-state index contributed by atoms with van der Waals surface area (Å²) in [4.78, 5) is 11.4. The maximum absolute atomic E-state index is 5.38. The van der Waals surface area contributed by atoms with Gasteiger partial charge in [-0.3, -0.25) is 4.90 Å². The third-order valence-corrected chi connectivity index (χ3v) is 4.75. The topological polar surface area (TPSA) is 64.3 Å². The molecule has 1 aromatic carbocycles. The number of nitrogens with zero attached hydrogens (tertiary/aromatic N) is 4. The first-order valence-corrected chi connectivity index (χ1v) is 8.86. The summed E-state index contributed by atoms with van der Waals surface area (Å²) in [5.41, 5.74) is 2.00. The van der Waals surface area contributed by atoms with Gasteiger partial charge >= 0.3 is 0 Å². The highest BCUT2D eigenvalue weighted by Crippen LogP contribution is 2.22. The Morgan fingerprint density at radius 1 is 1.08 bits per heavy atom. The van der Waals surface area contributed by atoms with Crippen LogP contribution in [0.5, 0.6) is 0 Å². The first-order chi connectivity index (χ1) is 11.9. The van der Waals surface area contributed by atoms with Crippen LogP contribution in [-0.2, 0) is 17.7 Å². The van der Waals surface area contributed by atoms with Crippen molar-refractivity contribution in [3.63, 3.8) is 0 Å². The molecule has 1 aliphatic heterocycles. The molecule has 6 nitrogen and oxygen atoms in total. The van der Waals surface area contributed by atoms with Crippen LogP contribution in [0.15, 0.2) is 40.2 Å². The summed E-state index contributed by atoms with van der Waals surface area (Å²) in [6.45, 7) is 4.02. The Kier molecular flexibility index (Phi) is 4.64. The molecular formula is C17H18N4O2S. The highest BCUT2D eigenvalue weighted by molar-refractivity contribution is 7.10. The van der Waals surface area contributed by atoms with Gasteiger partial charge in [-0.15, -0.1) is 11.3 Å². The summed E-state index contributed by atoms with van der Waals surface area (Å²) in [5, 5.41) is 7.10. The minimum absolute atomic E-state index is 0.494. The van der Waals surface area contributed by atoms with Crippen LogP contribution >= 0.6 is 11.3 Å². The lowest BCUT2D eigenvalue weighted by Gasteiger charge is -2.24. The van der Waals surface area contributed by atoms with E-state index in [4.69, 9.17) is 9.26 Å². The van der Waals surface area contributed by atoms with Gasteiger partial charge in [0.2, 0.25) is 0 Å². The molecule has 3 heterocycles. The van der Waals surface area contributed by atoms with Crippen molar-refractivity contribution < 1.29 is 9.26 Å². The fraction of sp³-hybridized carbons (Fsp3) is 0.353. The fourth-order valence-electron chi connectivity index (χ4n) is 2.64. The second-order valence-electron chi connectivity index (χ2n) is 5.69. The van der Waals surface area contributed by atoms with E-state index in [1.165, 1.54) is 5.56 Å². The molecule has 0 saturated carbocycles. The van der Waals surface area contributed by atoms with Gasteiger partial charge in [-0.25, -0.2) is 4.98 Å². The van der Waals surface area contributed by atoms with Crippen molar-refractivity contribution in [1.82, 2.24) is 20.0 Å². The van der Waals surface area contributed by atoms with E-state index in [2.05, 4.69) is 32.2 Å². The third-order valence-electron chi connectivity index (χ3n) is 3.91. The third kappa shape index (κ3) is 3.69. The maximum Gasteiger partial charge on any atom is 0.277 e. The minimum atomic E-state index is 0.494. The number of morpholine rings is 1. The molecule has 1 saturated heterocycles. The van der Waals surface area contributed by atoms with E-state index in [1.807, 2.05) is 23.6 Å². The Labute approximate surface area is 144 Å². The SMILES string of the molecule is c1ccc(Cc2nc(-c3nc(CN4CCOCC4)no3)cs2)cc1. The standard InChI is InChI=1S/C17H18N4O2S/c1-2-4-13(5-3-1)10-16-18-14(12-24-16)17-19-15(20-23-17)11-21-6-8-22-9-7-21/h1-5,12H,6-11H2. The number of hydrogen-bond donors (Lipinski definition) is 0. The molecule has 0 atom stereocenters. The average molecular weight is 342 g/mol. The molecule has 0 spiro atoms. The lowest BCUT2D eigenvalue weighted by molar-refractivity contribution is 0.0327. The van der Waals surface area contributed by atoms with Gasteiger partial charge in [0.1, 0.15) is 5.69 Å². The van der Waals surface area contributed by atoms with Crippen molar-refractivity contribution >= 4 is 11.3 Å². The van der Waals surface area contributed by atoms with E-state index in [1.54, 1.807) is 11.3 Å². The van der Waals surface area contributed by atoms with Crippen LogP contribution in [0.25, 0.3) is 11.6 Å². The quantitative estimate of drug-likeness (QED) is 0.710. The van der Waals surface area contributed by atoms with E-state index < -0.39 is 0 Å². The molecule has 24 heavy (non-hydrogen) atoms. The van der Waals surface area contributed by atoms with Crippen molar-refractivity contribution in [2.45, 2.75) is 13.0 Å². The molecule has 7 heteroatoms. The fourth-order valence-corrected chi connectivity index (χ4v) is 3.44. The predicted octanol–water partition coefficient (Wildman–Crippen LogP) is 2.62. The molecule has 0 unspecified atom stereocenters. The average Bonchev–Trinajstić information content (AvgIpc) is 3.26. The number of hydrogen-bond acceptors (Lipinski definition) is 7. The Morgan fingerprint density at radius 2 is 1.92 bits per heavy atom. The molecule has 1 aliphatic rings. The lowest BCUT2D eigenvalue weighted by Crippen LogP contribution is -2.35. The first kappa shape index (κ1) is 15.4. The Morgan fingerprint density at radius 3 is 2.75 bits per heavy atom. The zero-order chi connectivity index (χ0) is 16.2. The van der Waals surface area contributed by atoms with Gasteiger partial charge in [-0.2, -0.15) is 4.98 Å². The highest BCUT2D eigenvalue weighted by atomic mass is 32.1. The molecule has 2 aromatic heterocycles. The Hall–Kier alpha value is -2.09. The molecule has 0 amide bonds. The molecule has 0 N–H and O–H groups in total. The molecule has 4 rings (SSSR count). The van der Waals surface area contributed by atoms with Gasteiger partial charge in [-0.05, 0) is 5.56 Å². The van der Waals surface area contributed by atoms with Gasteiger partial charge in [0.05, 0.1) is 24.8 Å². The van der Waals surface area contributed by atoms with Gasteiger partial charge in [-0.1, -0.05) is 35.5 Å². The van der Waals surface area contributed by atoms with Crippen LogP contribution in [0.2, 0.25) is 0 Å². The number of ether oxygens (including phenoxy) is 1. The van der Waals surface area contributed by atoms with Crippen LogP contribution in [0.3, 0.4) is 0 Å². The number of thiazole rings is 1. The van der Waals surface area contributed by atoms with Crippen LogP contribution in [0.1, 0.15) is 16.4 Å². The second kappa shape index (κ2) is 7.21. The number of rotatable bonds is 5. The normalized spacial score (nSPS) is 15.7. The first-order valence-electron chi connectivity index (χ1n) is 7.98. The van der Waals surface area contributed by atoms with Crippen LogP contribution in [0.4, 0.5) is 0 Å². The molecule has 0 bridgehead atoms. The maximum atomic E-state index is 5.38. The summed E-state index contributed by atoms with van der Waals surface area (Å²) in [6.07, 6.45) is 0.820. The van der Waals surface area contributed by atoms with Crippen LogP contribution < -0.4 is 0 Å². The molecule has 124 valence electrons. The van der Waals surface area contributed by atoms with Gasteiger partial charge < -0.3 is 9.26 Å². The van der Waals surface area contributed by atoms with Crippen LogP contribution in [0, 0.1) is 0 Å². The summed E-state index contributed by atoms with van der Waals surface area (Å²) in [5.74, 6) is 1.19. The molecule has 1 fully saturated rings. The molecule has 0 aliphatic carbocycles. The highest BCUT2D eigenvalue weighted by Gasteiger charge is 2.16. The molecule has 3 aromatic rings. The largest absolute Gasteiger partial charge is 0.379 e. The monoisotopic (exact) mass is 342 g/mol. The summed E-state index contributed by atoms with van der Waals surface area (Å²) in [7, 11) is 0. The van der Waals surface area contributed by atoms with Crippen molar-refractivity contribution in [3.05, 3.63) is 52.1 Å². The summed E-state index contributed by atoms with van der Waals surface area (Å²) < 4.78 is 10.7. The van der Waals surface area contributed by atoms with E-state index in [0.717, 1.165) is 43.4 Å². The zero-order valence-electron chi connectivity index (χ0n) is 13.2. The van der Waals surface area contributed by atoms with Gasteiger partial charge in [0, 0.05) is 24.9 Å². The van der Waals surface area contributed by atoms with Gasteiger partial charge in [0.15, 0.2) is 5.82 Å². The summed E-state index contributed by atoms with van der Waals surface area (Å²) >= 11 is 1.62. The summed E-state index contributed by atoms with van der Waals surface area (Å²) in [6, 6.07) is 10.3. The van der Waals surface area contributed by atoms with E-state index >= 15 is 0 Å². The zero-order valence-corrected chi connectivity index (χ0v) is 14.0. The van der Waals surface area contributed by atoms with E-state index in [0.29, 0.717) is 18.3 Å². The van der Waals surface area contributed by atoms with Crippen molar-refractivity contribution in [2.75, 3.05) is 26.3 Å². The second-order valence-corrected chi connectivity index (χ2v) is 6.64. The van der Waals surface area contributed by atoms with Crippen molar-refractivity contribution in [2.24, 2.45) is 0 Å². The Balaban J connectivity index is 1.43.